The van der Waals surface area contributed by atoms with E-state index in [-0.39, 0.29) is 12.3 Å². The third kappa shape index (κ3) is 3.97. The Morgan fingerprint density at radius 1 is 1.44 bits per heavy atom. The first-order valence-electron chi connectivity index (χ1n) is 8.66. The molecule has 1 aromatic heterocycles. The number of carboxylic acids is 1. The summed E-state index contributed by atoms with van der Waals surface area (Å²) in [4.78, 5) is 34.5. The fourth-order valence-corrected chi connectivity index (χ4v) is 3.60. The molecule has 2 aromatic rings. The molecule has 1 heterocycles. The van der Waals surface area contributed by atoms with Gasteiger partial charge in [0.1, 0.15) is 12.2 Å². The van der Waals surface area contributed by atoms with Gasteiger partial charge in [0.25, 0.3) is 5.91 Å². The lowest BCUT2D eigenvalue weighted by Crippen LogP contribution is -2.42. The highest BCUT2D eigenvalue weighted by Gasteiger charge is 2.31. The number of rotatable bonds is 6. The average Bonchev–Trinajstić information content (AvgIpc) is 3.03. The van der Waals surface area contributed by atoms with Crippen molar-refractivity contribution in [1.29, 1.82) is 0 Å². The number of hydrogen-bond donors (Lipinski definition) is 2. The number of carbonyl (C=O) groups is 2. The van der Waals surface area contributed by atoms with Crippen LogP contribution in [0.5, 0.6) is 0 Å². The Kier molecular flexibility index (Phi) is 5.20. The molecule has 2 unspecified atom stereocenters. The van der Waals surface area contributed by atoms with Gasteiger partial charge < -0.3 is 10.4 Å². The van der Waals surface area contributed by atoms with Gasteiger partial charge in [-0.1, -0.05) is 24.3 Å². The maximum absolute atomic E-state index is 12.4. The minimum atomic E-state index is -1.18. The summed E-state index contributed by atoms with van der Waals surface area (Å²) in [6.07, 6.45) is 4.08. The Balaban J connectivity index is 1.79. The minimum absolute atomic E-state index is 0.00932. The Morgan fingerprint density at radius 2 is 2.19 bits per heavy atom. The third-order valence-corrected chi connectivity index (χ3v) is 4.84. The quantitative estimate of drug-likeness (QED) is 0.590. The van der Waals surface area contributed by atoms with Gasteiger partial charge in [0.15, 0.2) is 0 Å². The van der Waals surface area contributed by atoms with Gasteiger partial charge >= 0.3 is 11.7 Å². The Bertz CT molecular complexity index is 892. The highest BCUT2D eigenvalue weighted by atomic mass is 16.6. The van der Waals surface area contributed by atoms with Crippen molar-refractivity contribution < 1.29 is 19.6 Å². The minimum Gasteiger partial charge on any atom is -0.480 e. The highest BCUT2D eigenvalue weighted by Crippen LogP contribution is 2.34. The molecule has 1 aliphatic carbocycles. The van der Waals surface area contributed by atoms with E-state index in [1.54, 1.807) is 0 Å². The van der Waals surface area contributed by atoms with E-state index in [2.05, 4.69) is 10.4 Å². The zero-order valence-electron chi connectivity index (χ0n) is 14.8. The van der Waals surface area contributed by atoms with Gasteiger partial charge in [0.05, 0.1) is 4.92 Å². The van der Waals surface area contributed by atoms with Crippen LogP contribution in [0.15, 0.2) is 30.5 Å². The molecule has 2 N–H and O–H groups in total. The molecule has 0 bridgehead atoms. The van der Waals surface area contributed by atoms with Gasteiger partial charge in [0, 0.05) is 7.05 Å². The highest BCUT2D eigenvalue weighted by molar-refractivity contribution is 5.98. The zero-order valence-corrected chi connectivity index (χ0v) is 14.8. The van der Waals surface area contributed by atoms with Gasteiger partial charge in [-0.05, 0) is 42.7 Å². The smallest absolute Gasteiger partial charge is 0.326 e. The van der Waals surface area contributed by atoms with E-state index in [9.17, 15) is 24.8 Å². The van der Waals surface area contributed by atoms with Crippen LogP contribution in [0.4, 0.5) is 5.69 Å². The maximum Gasteiger partial charge on any atom is 0.326 e. The molecule has 1 amide bonds. The summed E-state index contributed by atoms with van der Waals surface area (Å²) in [5.41, 5.74) is 1.46. The van der Waals surface area contributed by atoms with E-state index in [4.69, 9.17) is 0 Å². The molecule has 9 heteroatoms. The van der Waals surface area contributed by atoms with Crippen molar-refractivity contribution in [2.45, 2.75) is 37.6 Å². The second-order valence-corrected chi connectivity index (χ2v) is 6.68. The molecule has 2 atom stereocenters. The Labute approximate surface area is 155 Å². The molecule has 0 saturated heterocycles. The lowest BCUT2D eigenvalue weighted by molar-refractivity contribution is -0.385. The maximum atomic E-state index is 12.4. The summed E-state index contributed by atoms with van der Waals surface area (Å²) in [5.74, 6) is -2.03. The largest absolute Gasteiger partial charge is 0.480 e. The molecule has 142 valence electrons. The fraction of sp³-hybridized carbons (Fsp3) is 0.389. The van der Waals surface area contributed by atoms with Crippen molar-refractivity contribution in [3.8, 4) is 0 Å². The lowest BCUT2D eigenvalue weighted by atomic mass is 9.79. The predicted octanol–water partition coefficient (Wildman–Crippen LogP) is 2.02. The number of aryl methyl sites for hydroxylation is 2. The third-order valence-electron chi connectivity index (χ3n) is 4.84. The first-order valence-corrected chi connectivity index (χ1v) is 8.66. The predicted molar refractivity (Wildman–Crippen MR) is 95.5 cm³/mol. The van der Waals surface area contributed by atoms with Crippen LogP contribution in [-0.2, 0) is 18.3 Å². The molecule has 0 radical (unpaired) electrons. The number of nitrogens with zero attached hydrogens (tertiary/aromatic N) is 3. The molecule has 1 aromatic carbocycles. The molecule has 1 aliphatic rings. The molecule has 27 heavy (non-hydrogen) atoms. The number of aliphatic carboxylic acids is 1. The van der Waals surface area contributed by atoms with Crippen LogP contribution in [0.1, 0.15) is 46.8 Å². The summed E-state index contributed by atoms with van der Waals surface area (Å²) in [5, 5.41) is 26.8. The number of fused-ring (bicyclic) bond motifs is 1. The van der Waals surface area contributed by atoms with Crippen LogP contribution in [0.2, 0.25) is 0 Å². The molecule has 0 spiro atoms. The van der Waals surface area contributed by atoms with E-state index in [1.165, 1.54) is 12.6 Å². The van der Waals surface area contributed by atoms with Crippen LogP contribution < -0.4 is 5.32 Å². The SMILES string of the molecule is Cn1cc([N+](=O)[O-])c(C(=O)NC(CC2CCCc3ccccc32)C(=O)O)n1. The number of aromatic nitrogens is 2. The fourth-order valence-electron chi connectivity index (χ4n) is 3.60. The van der Waals surface area contributed by atoms with Gasteiger partial charge in [-0.3, -0.25) is 19.6 Å². The number of benzene rings is 1. The Morgan fingerprint density at radius 3 is 2.89 bits per heavy atom. The number of nitro groups is 1. The lowest BCUT2D eigenvalue weighted by Gasteiger charge is -2.27. The number of amides is 1. The van der Waals surface area contributed by atoms with Gasteiger partial charge in [-0.25, -0.2) is 4.79 Å². The monoisotopic (exact) mass is 372 g/mol. The summed E-state index contributed by atoms with van der Waals surface area (Å²) in [6, 6.07) is 6.74. The molecular formula is C18H20N4O5. The van der Waals surface area contributed by atoms with Crippen molar-refractivity contribution >= 4 is 17.6 Å². The molecule has 9 nitrogen and oxygen atoms in total. The van der Waals surface area contributed by atoms with Crippen molar-refractivity contribution in [2.75, 3.05) is 0 Å². The van der Waals surface area contributed by atoms with Crippen LogP contribution in [0, 0.1) is 10.1 Å². The van der Waals surface area contributed by atoms with Gasteiger partial charge in [0.2, 0.25) is 5.69 Å². The number of hydrogen-bond acceptors (Lipinski definition) is 5. The summed E-state index contributed by atoms with van der Waals surface area (Å²) < 4.78 is 1.15. The second kappa shape index (κ2) is 7.56. The standard InChI is InChI=1S/C18H20N4O5/c1-21-10-15(22(26)27)16(20-21)17(23)19-14(18(24)25)9-12-7-4-6-11-5-2-3-8-13(11)12/h2-3,5,8,10,12,14H,4,6-7,9H2,1H3,(H,19,23)(H,24,25). The van der Waals surface area contributed by atoms with E-state index in [0.29, 0.717) is 0 Å². The summed E-state index contributed by atoms with van der Waals surface area (Å²) in [7, 11) is 1.46. The number of carbonyl (C=O) groups excluding carboxylic acids is 1. The van der Waals surface area contributed by atoms with E-state index in [1.807, 2.05) is 24.3 Å². The van der Waals surface area contributed by atoms with Crippen molar-refractivity contribution in [3.05, 3.63) is 57.4 Å². The van der Waals surface area contributed by atoms with Gasteiger partial charge in [-0.15, -0.1) is 0 Å². The molecule has 0 saturated carbocycles. The summed E-state index contributed by atoms with van der Waals surface area (Å²) >= 11 is 0. The normalized spacial score (nSPS) is 17.0. The van der Waals surface area contributed by atoms with Gasteiger partial charge in [-0.2, -0.15) is 5.10 Å². The first-order chi connectivity index (χ1) is 12.9. The van der Waals surface area contributed by atoms with Crippen LogP contribution in [0.25, 0.3) is 0 Å². The second-order valence-electron chi connectivity index (χ2n) is 6.68. The van der Waals surface area contributed by atoms with E-state index < -0.39 is 34.2 Å². The average molecular weight is 372 g/mol. The molecular weight excluding hydrogens is 352 g/mol. The van der Waals surface area contributed by atoms with Crippen molar-refractivity contribution in [2.24, 2.45) is 7.05 Å². The summed E-state index contributed by atoms with van der Waals surface area (Å²) in [6.45, 7) is 0. The van der Waals surface area contributed by atoms with E-state index >= 15 is 0 Å². The first kappa shape index (κ1) is 18.6. The molecule has 0 aliphatic heterocycles. The topological polar surface area (TPSA) is 127 Å². The number of nitrogens with one attached hydrogen (secondary N) is 1. The number of carboxylic acid groups (broad SMARTS) is 1. The molecule has 3 rings (SSSR count). The molecule has 0 fully saturated rings. The van der Waals surface area contributed by atoms with Crippen molar-refractivity contribution in [1.82, 2.24) is 15.1 Å². The zero-order chi connectivity index (χ0) is 19.6. The van der Waals surface area contributed by atoms with E-state index in [0.717, 1.165) is 35.7 Å². The van der Waals surface area contributed by atoms with Crippen LogP contribution in [0.3, 0.4) is 0 Å². The van der Waals surface area contributed by atoms with Crippen LogP contribution >= 0.6 is 0 Å². The van der Waals surface area contributed by atoms with Crippen LogP contribution in [-0.4, -0.2) is 37.7 Å². The Hall–Kier alpha value is -3.23. The van der Waals surface area contributed by atoms with Crippen molar-refractivity contribution in [3.63, 3.8) is 0 Å².